The molecule has 1 atom stereocenters. The molecule has 1 unspecified atom stereocenters. The Morgan fingerprint density at radius 3 is 1.69 bits per heavy atom. The molecule has 0 aromatic carbocycles. The molecule has 2 N–H and O–H groups in total. The Morgan fingerprint density at radius 2 is 1.12 bits per heavy atom. The zero-order valence-electron chi connectivity index (χ0n) is 11.0. The molecule has 0 heterocycles. The highest BCUT2D eigenvalue weighted by molar-refractivity contribution is 4.58. The van der Waals surface area contributed by atoms with E-state index in [-0.39, 0.29) is 0 Å². The van der Waals surface area contributed by atoms with Crippen LogP contribution in [0.15, 0.2) is 0 Å². The van der Waals surface area contributed by atoms with Crippen LogP contribution in [0.3, 0.4) is 0 Å². The van der Waals surface area contributed by atoms with Gasteiger partial charge >= 0.3 is 0 Å². The molecule has 0 aliphatic rings. The second-order valence-electron chi connectivity index (χ2n) is 4.77. The highest BCUT2D eigenvalue weighted by atomic mass is 16.3. The lowest BCUT2D eigenvalue weighted by molar-refractivity contribution is 0.273. The van der Waals surface area contributed by atoms with Gasteiger partial charge in [-0.1, -0.05) is 58.3 Å². The molecule has 0 rings (SSSR count). The third-order valence-electron chi connectivity index (χ3n) is 3.37. The monoisotopic (exact) mass is 230 g/mol. The minimum Gasteiger partial charge on any atom is -0.396 e. The number of unbranched alkanes of at least 4 members (excludes halogenated alkanes) is 5. The Hall–Kier alpha value is -0.0800. The van der Waals surface area contributed by atoms with Gasteiger partial charge in [-0.15, -0.1) is 0 Å². The maximum absolute atomic E-state index is 8.73. The van der Waals surface area contributed by atoms with Crippen molar-refractivity contribution in [2.75, 3.05) is 13.2 Å². The SMILES string of the molecule is CCC(CCCCO)CCCCCCCO. The van der Waals surface area contributed by atoms with Gasteiger partial charge in [0.25, 0.3) is 0 Å². The summed E-state index contributed by atoms with van der Waals surface area (Å²) < 4.78 is 0. The second kappa shape index (κ2) is 13.0. The van der Waals surface area contributed by atoms with Crippen molar-refractivity contribution >= 4 is 0 Å². The Balaban J connectivity index is 3.26. The first-order valence-corrected chi connectivity index (χ1v) is 7.06. The molecule has 0 saturated carbocycles. The number of aliphatic hydroxyl groups is 2. The van der Waals surface area contributed by atoms with Gasteiger partial charge in [-0.2, -0.15) is 0 Å². The van der Waals surface area contributed by atoms with Gasteiger partial charge in [0.15, 0.2) is 0 Å². The Kier molecular flexibility index (Phi) is 12.9. The summed E-state index contributed by atoms with van der Waals surface area (Å²) in [6.45, 7) is 2.96. The van der Waals surface area contributed by atoms with Crippen molar-refractivity contribution < 1.29 is 10.2 Å². The van der Waals surface area contributed by atoms with E-state index in [4.69, 9.17) is 10.2 Å². The molecule has 0 bridgehead atoms. The molecular formula is C14H30O2. The molecule has 2 heteroatoms. The van der Waals surface area contributed by atoms with Gasteiger partial charge in [0, 0.05) is 13.2 Å². The van der Waals surface area contributed by atoms with Gasteiger partial charge in [-0.25, -0.2) is 0 Å². The maximum atomic E-state index is 8.73. The summed E-state index contributed by atoms with van der Waals surface area (Å²) in [6.07, 6.45) is 12.1. The van der Waals surface area contributed by atoms with Crippen LogP contribution in [0.1, 0.15) is 71.1 Å². The smallest absolute Gasteiger partial charge is 0.0431 e. The van der Waals surface area contributed by atoms with Crippen LogP contribution in [0.4, 0.5) is 0 Å². The minimum absolute atomic E-state index is 0.345. The van der Waals surface area contributed by atoms with Crippen LogP contribution in [0, 0.1) is 5.92 Å². The maximum Gasteiger partial charge on any atom is 0.0431 e. The lowest BCUT2D eigenvalue weighted by Crippen LogP contribution is -1.99. The van der Waals surface area contributed by atoms with Crippen molar-refractivity contribution in [3.63, 3.8) is 0 Å². The fourth-order valence-electron chi connectivity index (χ4n) is 2.17. The molecule has 0 aliphatic heterocycles. The lowest BCUT2D eigenvalue weighted by atomic mass is 9.93. The van der Waals surface area contributed by atoms with Gasteiger partial charge in [0.1, 0.15) is 0 Å². The molecule has 0 aromatic heterocycles. The normalized spacial score (nSPS) is 12.9. The zero-order valence-corrected chi connectivity index (χ0v) is 11.0. The second-order valence-corrected chi connectivity index (χ2v) is 4.77. The molecule has 0 fully saturated rings. The molecule has 2 nitrogen and oxygen atoms in total. The van der Waals surface area contributed by atoms with Gasteiger partial charge in [-0.3, -0.25) is 0 Å². The summed E-state index contributed by atoms with van der Waals surface area (Å²) >= 11 is 0. The zero-order chi connectivity index (χ0) is 12.1. The van der Waals surface area contributed by atoms with Crippen LogP contribution in [-0.4, -0.2) is 23.4 Å². The average Bonchev–Trinajstić information content (AvgIpc) is 2.31. The molecule has 0 radical (unpaired) electrons. The molecule has 0 saturated heterocycles. The van der Waals surface area contributed by atoms with Crippen LogP contribution >= 0.6 is 0 Å². The van der Waals surface area contributed by atoms with Crippen LogP contribution < -0.4 is 0 Å². The van der Waals surface area contributed by atoms with Crippen LogP contribution in [-0.2, 0) is 0 Å². The van der Waals surface area contributed by atoms with Gasteiger partial charge in [0.05, 0.1) is 0 Å². The fraction of sp³-hybridized carbons (Fsp3) is 1.00. The first kappa shape index (κ1) is 15.9. The summed E-state index contributed by atoms with van der Waals surface area (Å²) in [5.41, 5.74) is 0. The predicted molar refractivity (Wildman–Crippen MR) is 69.5 cm³/mol. The van der Waals surface area contributed by atoms with Crippen molar-refractivity contribution in [1.82, 2.24) is 0 Å². The van der Waals surface area contributed by atoms with Gasteiger partial charge < -0.3 is 10.2 Å². The van der Waals surface area contributed by atoms with E-state index in [0.29, 0.717) is 13.2 Å². The molecule has 0 aliphatic carbocycles. The summed E-state index contributed by atoms with van der Waals surface area (Å²) in [4.78, 5) is 0. The van der Waals surface area contributed by atoms with Crippen molar-refractivity contribution in [3.8, 4) is 0 Å². The van der Waals surface area contributed by atoms with Crippen LogP contribution in [0.5, 0.6) is 0 Å². The summed E-state index contributed by atoms with van der Waals surface area (Å²) in [7, 11) is 0. The molecule has 0 spiro atoms. The average molecular weight is 230 g/mol. The quantitative estimate of drug-likeness (QED) is 0.504. The first-order valence-electron chi connectivity index (χ1n) is 7.06. The van der Waals surface area contributed by atoms with Crippen molar-refractivity contribution in [3.05, 3.63) is 0 Å². The number of aliphatic hydroxyl groups excluding tert-OH is 2. The van der Waals surface area contributed by atoms with E-state index in [1.54, 1.807) is 0 Å². The van der Waals surface area contributed by atoms with E-state index in [1.165, 1.54) is 51.4 Å². The van der Waals surface area contributed by atoms with Gasteiger partial charge in [-0.05, 0) is 18.8 Å². The van der Waals surface area contributed by atoms with E-state index >= 15 is 0 Å². The van der Waals surface area contributed by atoms with E-state index in [0.717, 1.165) is 18.8 Å². The van der Waals surface area contributed by atoms with Crippen LogP contribution in [0.2, 0.25) is 0 Å². The topological polar surface area (TPSA) is 40.5 Å². The van der Waals surface area contributed by atoms with E-state index in [1.807, 2.05) is 0 Å². The molecule has 16 heavy (non-hydrogen) atoms. The van der Waals surface area contributed by atoms with E-state index in [9.17, 15) is 0 Å². The summed E-state index contributed by atoms with van der Waals surface area (Å²) in [5, 5.41) is 17.4. The van der Waals surface area contributed by atoms with E-state index in [2.05, 4.69) is 6.92 Å². The number of hydrogen-bond acceptors (Lipinski definition) is 2. The Bertz CT molecular complexity index is 126. The standard InChI is InChI=1S/C14H30O2/c1-2-14(11-7-9-13-16)10-6-4-3-5-8-12-15/h14-16H,2-13H2,1H3. The van der Waals surface area contributed by atoms with E-state index < -0.39 is 0 Å². The highest BCUT2D eigenvalue weighted by Gasteiger charge is 2.05. The third kappa shape index (κ3) is 10.4. The molecule has 98 valence electrons. The Morgan fingerprint density at radius 1 is 0.688 bits per heavy atom. The largest absolute Gasteiger partial charge is 0.396 e. The first-order chi connectivity index (χ1) is 7.85. The summed E-state index contributed by atoms with van der Waals surface area (Å²) in [5.74, 6) is 0.865. The fourth-order valence-corrected chi connectivity index (χ4v) is 2.17. The van der Waals surface area contributed by atoms with Crippen molar-refractivity contribution in [2.24, 2.45) is 5.92 Å². The van der Waals surface area contributed by atoms with Crippen LogP contribution in [0.25, 0.3) is 0 Å². The third-order valence-corrected chi connectivity index (χ3v) is 3.37. The summed E-state index contributed by atoms with van der Waals surface area (Å²) in [6, 6.07) is 0. The minimum atomic E-state index is 0.345. The highest BCUT2D eigenvalue weighted by Crippen LogP contribution is 2.20. The number of rotatable bonds is 12. The predicted octanol–water partition coefficient (Wildman–Crippen LogP) is 3.51. The molecular weight excluding hydrogens is 200 g/mol. The van der Waals surface area contributed by atoms with Gasteiger partial charge in [0.2, 0.25) is 0 Å². The number of hydrogen-bond donors (Lipinski definition) is 2. The lowest BCUT2D eigenvalue weighted by Gasteiger charge is -2.14. The Labute approximate surface area is 101 Å². The molecule has 0 aromatic rings. The van der Waals surface area contributed by atoms with Crippen molar-refractivity contribution in [2.45, 2.75) is 71.1 Å². The van der Waals surface area contributed by atoms with Crippen molar-refractivity contribution in [1.29, 1.82) is 0 Å². The molecule has 0 amide bonds.